The summed E-state index contributed by atoms with van der Waals surface area (Å²) in [5.41, 5.74) is 11.7. The molecule has 110 valence electrons. The van der Waals surface area contributed by atoms with Crippen LogP contribution in [0.4, 0.5) is 0 Å². The Hall–Kier alpha value is -1.51. The van der Waals surface area contributed by atoms with Crippen molar-refractivity contribution in [1.29, 1.82) is 0 Å². The minimum absolute atomic E-state index is 0.138. The van der Waals surface area contributed by atoms with Gasteiger partial charge >= 0.3 is 0 Å². The summed E-state index contributed by atoms with van der Waals surface area (Å²) in [7, 11) is -3.43. The molecule has 0 aliphatic carbocycles. The van der Waals surface area contributed by atoms with Gasteiger partial charge in [-0.25, -0.2) is 13.1 Å². The van der Waals surface area contributed by atoms with Crippen molar-refractivity contribution in [2.45, 2.75) is 18.6 Å². The highest BCUT2D eigenvalue weighted by Crippen LogP contribution is 2.08. The number of hydrogen-bond donors (Lipinski definition) is 3. The molecule has 1 aromatic carbocycles. The van der Waals surface area contributed by atoms with Crippen molar-refractivity contribution in [2.24, 2.45) is 11.5 Å². The van der Waals surface area contributed by atoms with Crippen LogP contribution in [0.3, 0.4) is 0 Å². The van der Waals surface area contributed by atoms with Gasteiger partial charge in [-0.3, -0.25) is 4.79 Å². The third-order valence-corrected chi connectivity index (χ3v) is 4.11. The lowest BCUT2D eigenvalue weighted by Gasteiger charge is -2.07. The highest BCUT2D eigenvalue weighted by Gasteiger charge is 2.11. The number of nitrogens with one attached hydrogen (secondary N) is 1. The van der Waals surface area contributed by atoms with Gasteiger partial charge in [-0.05, 0) is 12.0 Å². The van der Waals surface area contributed by atoms with Gasteiger partial charge in [0.2, 0.25) is 15.9 Å². The second kappa shape index (κ2) is 7.32. The first-order valence-corrected chi connectivity index (χ1v) is 8.00. The number of primary amides is 1. The molecule has 6 nitrogen and oxygen atoms in total. The zero-order valence-corrected chi connectivity index (χ0v) is 12.5. The van der Waals surface area contributed by atoms with Crippen molar-refractivity contribution < 1.29 is 13.2 Å². The van der Waals surface area contributed by atoms with E-state index < -0.39 is 15.9 Å². The predicted molar refractivity (Wildman–Crippen MR) is 81.4 cm³/mol. The maximum Gasteiger partial charge on any atom is 0.217 e. The van der Waals surface area contributed by atoms with E-state index in [1.807, 2.05) is 0 Å². The Kier molecular flexibility index (Phi) is 6.05. The Bertz CT molecular complexity index is 582. The van der Waals surface area contributed by atoms with Crippen LogP contribution >= 0.6 is 12.2 Å². The first kappa shape index (κ1) is 16.5. The SMILES string of the molecule is NC(=O)CCCNS(=O)(=O)Cc1ccc(C(N)=S)cc1. The molecule has 1 rings (SSSR count). The number of nitrogens with two attached hydrogens (primary N) is 2. The summed E-state index contributed by atoms with van der Waals surface area (Å²) in [4.78, 5) is 10.8. The number of carbonyl (C=O) groups excluding carboxylic acids is 1. The van der Waals surface area contributed by atoms with Crippen LogP contribution in [0.15, 0.2) is 24.3 Å². The van der Waals surface area contributed by atoms with Crippen molar-refractivity contribution in [1.82, 2.24) is 4.72 Å². The number of carbonyl (C=O) groups is 1. The van der Waals surface area contributed by atoms with Gasteiger partial charge in [-0.1, -0.05) is 36.5 Å². The Morgan fingerprint density at radius 3 is 2.30 bits per heavy atom. The highest BCUT2D eigenvalue weighted by atomic mass is 32.2. The molecule has 0 fully saturated rings. The van der Waals surface area contributed by atoms with E-state index in [9.17, 15) is 13.2 Å². The van der Waals surface area contributed by atoms with Gasteiger partial charge in [0.15, 0.2) is 0 Å². The smallest absolute Gasteiger partial charge is 0.217 e. The molecule has 20 heavy (non-hydrogen) atoms. The standard InChI is InChI=1S/C12H17N3O3S2/c13-11(16)2-1-7-15-20(17,18)8-9-3-5-10(6-4-9)12(14)19/h3-6,15H,1-2,7-8H2,(H2,13,16)(H2,14,19). The maximum absolute atomic E-state index is 11.8. The molecule has 0 aromatic heterocycles. The molecule has 8 heteroatoms. The normalized spacial score (nSPS) is 11.2. The fourth-order valence-corrected chi connectivity index (χ4v) is 2.85. The fraction of sp³-hybridized carbons (Fsp3) is 0.333. The highest BCUT2D eigenvalue weighted by molar-refractivity contribution is 7.88. The van der Waals surface area contributed by atoms with Crippen LogP contribution in [0.25, 0.3) is 0 Å². The maximum atomic E-state index is 11.8. The van der Waals surface area contributed by atoms with Crippen LogP contribution in [0.5, 0.6) is 0 Å². The summed E-state index contributed by atoms with van der Waals surface area (Å²) < 4.78 is 26.0. The summed E-state index contributed by atoms with van der Waals surface area (Å²) >= 11 is 4.82. The molecule has 1 aromatic rings. The van der Waals surface area contributed by atoms with E-state index in [0.29, 0.717) is 17.5 Å². The van der Waals surface area contributed by atoms with Crippen molar-refractivity contribution in [3.05, 3.63) is 35.4 Å². The number of rotatable bonds is 8. The topological polar surface area (TPSA) is 115 Å². The lowest BCUT2D eigenvalue weighted by molar-refractivity contribution is -0.118. The first-order chi connectivity index (χ1) is 9.30. The summed E-state index contributed by atoms with van der Waals surface area (Å²) in [6.07, 6.45) is 0.542. The molecule has 0 aliphatic heterocycles. The number of sulfonamides is 1. The molecule has 0 unspecified atom stereocenters. The van der Waals surface area contributed by atoms with Gasteiger partial charge in [-0.2, -0.15) is 0 Å². The fourth-order valence-electron chi connectivity index (χ4n) is 1.53. The summed E-state index contributed by atoms with van der Waals surface area (Å²) in [6, 6.07) is 6.69. The van der Waals surface area contributed by atoms with E-state index in [2.05, 4.69) is 4.72 Å². The lowest BCUT2D eigenvalue weighted by atomic mass is 10.1. The molecular weight excluding hydrogens is 298 g/mol. The van der Waals surface area contributed by atoms with Gasteiger partial charge < -0.3 is 11.5 Å². The van der Waals surface area contributed by atoms with E-state index in [0.717, 1.165) is 0 Å². The molecule has 0 heterocycles. The first-order valence-electron chi connectivity index (χ1n) is 5.94. The quantitative estimate of drug-likeness (QED) is 0.461. The van der Waals surface area contributed by atoms with E-state index in [1.54, 1.807) is 24.3 Å². The van der Waals surface area contributed by atoms with E-state index in [1.165, 1.54) is 0 Å². The number of thiocarbonyl (C=S) groups is 1. The Labute approximate surface area is 123 Å². The van der Waals surface area contributed by atoms with Crippen molar-refractivity contribution in [3.63, 3.8) is 0 Å². The molecule has 0 saturated heterocycles. The van der Waals surface area contributed by atoms with Crippen LogP contribution in [0.2, 0.25) is 0 Å². The molecule has 5 N–H and O–H groups in total. The monoisotopic (exact) mass is 315 g/mol. The zero-order valence-electron chi connectivity index (χ0n) is 10.8. The van der Waals surface area contributed by atoms with Gasteiger partial charge in [0.25, 0.3) is 0 Å². The largest absolute Gasteiger partial charge is 0.389 e. The Balaban J connectivity index is 2.53. The van der Waals surface area contributed by atoms with Crippen molar-refractivity contribution in [2.75, 3.05) is 6.54 Å². The number of amides is 1. The number of hydrogen-bond acceptors (Lipinski definition) is 4. The summed E-state index contributed by atoms with van der Waals surface area (Å²) in [5.74, 6) is -0.584. The van der Waals surface area contributed by atoms with Crippen molar-refractivity contribution in [3.8, 4) is 0 Å². The van der Waals surface area contributed by atoms with Gasteiger partial charge in [0.1, 0.15) is 4.99 Å². The van der Waals surface area contributed by atoms with Crippen LogP contribution < -0.4 is 16.2 Å². The third kappa shape index (κ3) is 6.09. The second-order valence-corrected chi connectivity index (χ2v) is 6.53. The summed E-state index contributed by atoms with van der Waals surface area (Å²) in [5, 5.41) is 0. The zero-order chi connectivity index (χ0) is 15.2. The van der Waals surface area contributed by atoms with Crippen molar-refractivity contribution >= 4 is 33.1 Å². The average molecular weight is 315 g/mol. The average Bonchev–Trinajstić information content (AvgIpc) is 2.34. The molecule has 0 atom stereocenters. The Morgan fingerprint density at radius 2 is 1.80 bits per heavy atom. The molecule has 0 aliphatic rings. The molecule has 0 bridgehead atoms. The van der Waals surface area contributed by atoms with E-state index in [-0.39, 0.29) is 23.7 Å². The minimum Gasteiger partial charge on any atom is -0.389 e. The minimum atomic E-state index is -3.43. The lowest BCUT2D eigenvalue weighted by Crippen LogP contribution is -2.27. The van der Waals surface area contributed by atoms with Crippen LogP contribution in [-0.2, 0) is 20.6 Å². The molecule has 0 saturated carbocycles. The predicted octanol–water partition coefficient (Wildman–Crippen LogP) is 0.00570. The van der Waals surface area contributed by atoms with Gasteiger partial charge in [-0.15, -0.1) is 0 Å². The van der Waals surface area contributed by atoms with Crippen LogP contribution in [0, 0.1) is 0 Å². The van der Waals surface area contributed by atoms with E-state index in [4.69, 9.17) is 23.7 Å². The molecule has 0 spiro atoms. The molecular formula is C12H17N3O3S2. The van der Waals surface area contributed by atoms with Crippen LogP contribution in [0.1, 0.15) is 24.0 Å². The third-order valence-electron chi connectivity index (χ3n) is 2.52. The van der Waals surface area contributed by atoms with Gasteiger partial charge in [0.05, 0.1) is 5.75 Å². The molecule has 0 radical (unpaired) electrons. The van der Waals surface area contributed by atoms with Crippen LogP contribution in [-0.4, -0.2) is 25.9 Å². The second-order valence-electron chi connectivity index (χ2n) is 4.28. The Morgan fingerprint density at radius 1 is 1.20 bits per heavy atom. The molecule has 1 amide bonds. The van der Waals surface area contributed by atoms with E-state index >= 15 is 0 Å². The number of benzene rings is 1. The van der Waals surface area contributed by atoms with Gasteiger partial charge in [0, 0.05) is 18.5 Å². The summed E-state index contributed by atoms with van der Waals surface area (Å²) in [6.45, 7) is 0.191.